The summed E-state index contributed by atoms with van der Waals surface area (Å²) in [6.45, 7) is 0.468. The van der Waals surface area contributed by atoms with Gasteiger partial charge in [-0.2, -0.15) is 0 Å². The average molecular weight is 334 g/mol. The van der Waals surface area contributed by atoms with Crippen molar-refractivity contribution in [2.24, 2.45) is 0 Å². The van der Waals surface area contributed by atoms with Crippen molar-refractivity contribution in [3.63, 3.8) is 0 Å². The second-order valence-corrected chi connectivity index (χ2v) is 5.86. The smallest absolute Gasteiger partial charge is 0.315 e. The average Bonchev–Trinajstić information content (AvgIpc) is 2.59. The van der Waals surface area contributed by atoms with Crippen LogP contribution < -0.4 is 10.6 Å². The van der Waals surface area contributed by atoms with E-state index in [1.807, 2.05) is 30.5 Å². The Hall–Kier alpha value is -2.05. The van der Waals surface area contributed by atoms with Crippen LogP contribution in [-0.2, 0) is 6.54 Å². The minimum absolute atomic E-state index is 0.0584. The quantitative estimate of drug-likeness (QED) is 0.712. The predicted octanol–water partition coefficient (Wildman–Crippen LogP) is 3.08. The van der Waals surface area contributed by atoms with Crippen LogP contribution in [0.5, 0.6) is 0 Å². The number of urea groups is 1. The fraction of sp³-hybridized carbons (Fsp3) is 0.235. The van der Waals surface area contributed by atoms with Crippen LogP contribution in [0.25, 0.3) is 0 Å². The number of hydrogen-bond donors (Lipinski definition) is 3. The van der Waals surface area contributed by atoms with Gasteiger partial charge in [-0.15, -0.1) is 11.8 Å². The number of thioether (sulfide) groups is 1. The van der Waals surface area contributed by atoms with E-state index >= 15 is 0 Å². The second kappa shape index (κ2) is 8.55. The standard InChI is InChI=1S/C17H19FN2O2S/c1-23-15-8-2-12(3-9-15)10-19-17(22)20-11-16(21)13-4-6-14(18)7-5-13/h2-9,16,21H,10-11H2,1H3,(H2,19,20,22). The molecule has 4 nitrogen and oxygen atoms in total. The molecule has 3 N–H and O–H groups in total. The molecule has 0 aliphatic rings. The number of halogens is 1. The highest BCUT2D eigenvalue weighted by Crippen LogP contribution is 2.15. The normalized spacial score (nSPS) is 11.8. The van der Waals surface area contributed by atoms with Crippen molar-refractivity contribution < 1.29 is 14.3 Å². The van der Waals surface area contributed by atoms with E-state index in [0.717, 1.165) is 5.56 Å². The lowest BCUT2D eigenvalue weighted by molar-refractivity contribution is 0.173. The van der Waals surface area contributed by atoms with Crippen LogP contribution in [0, 0.1) is 5.82 Å². The molecule has 0 radical (unpaired) electrons. The lowest BCUT2D eigenvalue weighted by Crippen LogP contribution is -2.37. The zero-order valence-electron chi connectivity index (χ0n) is 12.8. The van der Waals surface area contributed by atoms with Crippen molar-refractivity contribution in [1.82, 2.24) is 10.6 Å². The highest BCUT2D eigenvalue weighted by molar-refractivity contribution is 7.98. The number of carbonyl (C=O) groups excluding carboxylic acids is 1. The molecule has 2 rings (SSSR count). The van der Waals surface area contributed by atoms with E-state index < -0.39 is 6.10 Å². The molecular formula is C17H19FN2O2S. The number of aliphatic hydroxyl groups excluding tert-OH is 1. The van der Waals surface area contributed by atoms with Gasteiger partial charge in [0.05, 0.1) is 6.10 Å². The van der Waals surface area contributed by atoms with Crippen molar-refractivity contribution in [3.8, 4) is 0 Å². The van der Waals surface area contributed by atoms with Gasteiger partial charge in [0.2, 0.25) is 0 Å². The number of nitrogens with one attached hydrogen (secondary N) is 2. The van der Waals surface area contributed by atoms with E-state index in [1.54, 1.807) is 11.8 Å². The minimum Gasteiger partial charge on any atom is -0.387 e. The molecule has 1 unspecified atom stereocenters. The molecule has 2 amide bonds. The van der Waals surface area contributed by atoms with E-state index in [-0.39, 0.29) is 18.4 Å². The summed E-state index contributed by atoms with van der Waals surface area (Å²) in [5.41, 5.74) is 1.55. The van der Waals surface area contributed by atoms with Crippen LogP contribution in [0.4, 0.5) is 9.18 Å². The van der Waals surface area contributed by atoms with Crippen molar-refractivity contribution in [2.75, 3.05) is 12.8 Å². The molecule has 0 heterocycles. The van der Waals surface area contributed by atoms with Crippen LogP contribution in [0.3, 0.4) is 0 Å². The van der Waals surface area contributed by atoms with Gasteiger partial charge >= 0.3 is 6.03 Å². The van der Waals surface area contributed by atoms with E-state index in [1.165, 1.54) is 29.2 Å². The Kier molecular flexibility index (Phi) is 6.43. The predicted molar refractivity (Wildman–Crippen MR) is 89.8 cm³/mol. The van der Waals surface area contributed by atoms with Gasteiger partial charge in [-0.3, -0.25) is 0 Å². The van der Waals surface area contributed by atoms with Gasteiger partial charge in [0.25, 0.3) is 0 Å². The third-order valence-corrected chi connectivity index (χ3v) is 4.07. The lowest BCUT2D eigenvalue weighted by Gasteiger charge is -2.13. The Balaban J connectivity index is 1.74. The van der Waals surface area contributed by atoms with Gasteiger partial charge in [0, 0.05) is 18.0 Å². The van der Waals surface area contributed by atoms with Crippen LogP contribution in [0.1, 0.15) is 17.2 Å². The summed E-state index contributed by atoms with van der Waals surface area (Å²) in [7, 11) is 0. The number of rotatable bonds is 6. The van der Waals surface area contributed by atoms with E-state index in [2.05, 4.69) is 10.6 Å². The fourth-order valence-corrected chi connectivity index (χ4v) is 2.39. The molecule has 122 valence electrons. The highest BCUT2D eigenvalue weighted by Gasteiger charge is 2.09. The monoisotopic (exact) mass is 334 g/mol. The topological polar surface area (TPSA) is 61.4 Å². The number of carbonyl (C=O) groups is 1. The Morgan fingerprint density at radius 1 is 1.13 bits per heavy atom. The van der Waals surface area contributed by atoms with Crippen LogP contribution in [0.2, 0.25) is 0 Å². The van der Waals surface area contributed by atoms with E-state index in [4.69, 9.17) is 0 Å². The van der Waals surface area contributed by atoms with Gasteiger partial charge in [0.1, 0.15) is 5.82 Å². The van der Waals surface area contributed by atoms with Gasteiger partial charge in [-0.05, 0) is 41.6 Å². The Morgan fingerprint density at radius 3 is 2.39 bits per heavy atom. The van der Waals surface area contributed by atoms with E-state index in [0.29, 0.717) is 12.1 Å². The molecule has 2 aromatic rings. The zero-order valence-corrected chi connectivity index (χ0v) is 13.6. The zero-order chi connectivity index (χ0) is 16.7. The Morgan fingerprint density at radius 2 is 1.78 bits per heavy atom. The maximum atomic E-state index is 12.8. The maximum Gasteiger partial charge on any atom is 0.315 e. The van der Waals surface area contributed by atoms with Crippen molar-refractivity contribution in [1.29, 1.82) is 0 Å². The summed E-state index contributed by atoms with van der Waals surface area (Å²) in [6.07, 6.45) is 1.13. The van der Waals surface area contributed by atoms with Crippen LogP contribution in [0.15, 0.2) is 53.4 Å². The molecule has 1 atom stereocenters. The summed E-state index contributed by atoms with van der Waals surface area (Å²) >= 11 is 1.66. The van der Waals surface area contributed by atoms with Gasteiger partial charge < -0.3 is 15.7 Å². The molecule has 0 saturated carbocycles. The third-order valence-electron chi connectivity index (χ3n) is 3.32. The van der Waals surface area contributed by atoms with Crippen molar-refractivity contribution >= 4 is 17.8 Å². The summed E-state index contributed by atoms with van der Waals surface area (Å²) < 4.78 is 12.8. The molecular weight excluding hydrogens is 315 g/mol. The lowest BCUT2D eigenvalue weighted by atomic mass is 10.1. The molecule has 23 heavy (non-hydrogen) atoms. The van der Waals surface area contributed by atoms with Gasteiger partial charge in [0.15, 0.2) is 0 Å². The largest absolute Gasteiger partial charge is 0.387 e. The van der Waals surface area contributed by atoms with Crippen molar-refractivity contribution in [3.05, 3.63) is 65.5 Å². The first-order chi connectivity index (χ1) is 11.1. The SMILES string of the molecule is CSc1ccc(CNC(=O)NCC(O)c2ccc(F)cc2)cc1. The summed E-state index contributed by atoms with van der Waals surface area (Å²) in [5, 5.41) is 15.3. The summed E-state index contributed by atoms with van der Waals surface area (Å²) in [5.74, 6) is -0.362. The summed E-state index contributed by atoms with van der Waals surface area (Å²) in [6, 6.07) is 13.1. The van der Waals surface area contributed by atoms with Crippen molar-refractivity contribution in [2.45, 2.75) is 17.5 Å². The first-order valence-corrected chi connectivity index (χ1v) is 8.39. The third kappa shape index (κ3) is 5.58. The first kappa shape index (κ1) is 17.3. The van der Waals surface area contributed by atoms with Gasteiger partial charge in [-0.25, -0.2) is 9.18 Å². The molecule has 2 aromatic carbocycles. The molecule has 6 heteroatoms. The number of hydrogen-bond acceptors (Lipinski definition) is 3. The molecule has 0 bridgehead atoms. The second-order valence-electron chi connectivity index (χ2n) is 4.98. The molecule has 0 spiro atoms. The highest BCUT2D eigenvalue weighted by atomic mass is 32.2. The number of aliphatic hydroxyl groups is 1. The Bertz CT molecular complexity index is 632. The first-order valence-electron chi connectivity index (χ1n) is 7.16. The summed E-state index contributed by atoms with van der Waals surface area (Å²) in [4.78, 5) is 12.9. The molecule has 0 saturated heterocycles. The maximum absolute atomic E-state index is 12.8. The van der Waals surface area contributed by atoms with Crippen LogP contribution >= 0.6 is 11.8 Å². The molecule has 0 aliphatic heterocycles. The molecule has 0 aromatic heterocycles. The van der Waals surface area contributed by atoms with Crippen LogP contribution in [-0.4, -0.2) is 23.9 Å². The Labute approximate surface area is 139 Å². The number of amides is 2. The van der Waals surface area contributed by atoms with E-state index in [9.17, 15) is 14.3 Å². The molecule has 0 aliphatic carbocycles. The fourth-order valence-electron chi connectivity index (χ4n) is 1.98. The van der Waals surface area contributed by atoms with Gasteiger partial charge in [-0.1, -0.05) is 24.3 Å². The number of benzene rings is 2. The molecule has 0 fully saturated rings. The minimum atomic E-state index is -0.873.